The van der Waals surface area contributed by atoms with E-state index in [1.807, 2.05) is 26.0 Å². The lowest BCUT2D eigenvalue weighted by atomic mass is 10.1. The van der Waals surface area contributed by atoms with Gasteiger partial charge in [-0.15, -0.1) is 0 Å². The fraction of sp³-hybridized carbons (Fsp3) is 0.188. The van der Waals surface area contributed by atoms with E-state index < -0.39 is 0 Å². The van der Waals surface area contributed by atoms with Crippen LogP contribution in [0, 0.1) is 13.8 Å². The van der Waals surface area contributed by atoms with Crippen molar-refractivity contribution in [1.29, 1.82) is 0 Å². The van der Waals surface area contributed by atoms with Crippen LogP contribution in [0.15, 0.2) is 44.2 Å². The second kappa shape index (κ2) is 4.56. The van der Waals surface area contributed by atoms with Gasteiger partial charge in [-0.2, -0.15) is 0 Å². The van der Waals surface area contributed by atoms with E-state index in [1.165, 1.54) is 13.4 Å². The molecule has 0 bridgehead atoms. The molecule has 0 fully saturated rings. The average molecular weight is 270 g/mol. The van der Waals surface area contributed by atoms with Gasteiger partial charge in [-0.05, 0) is 49.2 Å². The molecule has 0 radical (unpaired) electrons. The van der Waals surface area contributed by atoms with Crippen molar-refractivity contribution in [3.63, 3.8) is 0 Å². The lowest BCUT2D eigenvalue weighted by Crippen LogP contribution is -2.08. The lowest BCUT2D eigenvalue weighted by Gasteiger charge is -2.08. The van der Waals surface area contributed by atoms with Crippen LogP contribution in [0.1, 0.15) is 11.1 Å². The molecule has 0 aliphatic rings. The Kier molecular flexibility index (Phi) is 2.86. The van der Waals surface area contributed by atoms with Gasteiger partial charge in [0.1, 0.15) is 5.58 Å². The molecule has 2 aromatic heterocycles. The predicted octanol–water partition coefficient (Wildman–Crippen LogP) is 3.68. The van der Waals surface area contributed by atoms with Crippen molar-refractivity contribution in [2.75, 3.05) is 7.11 Å². The van der Waals surface area contributed by atoms with Crippen LogP contribution in [0.3, 0.4) is 0 Å². The van der Waals surface area contributed by atoms with Crippen LogP contribution in [0.4, 0.5) is 0 Å². The van der Waals surface area contributed by atoms with Gasteiger partial charge < -0.3 is 13.6 Å². The summed E-state index contributed by atoms with van der Waals surface area (Å²) in [6, 6.07) is 7.15. The van der Waals surface area contributed by atoms with Gasteiger partial charge in [0.25, 0.3) is 0 Å². The molecule has 0 unspecified atom stereocenters. The molecule has 0 saturated heterocycles. The van der Waals surface area contributed by atoms with Gasteiger partial charge in [0.15, 0.2) is 5.76 Å². The van der Waals surface area contributed by atoms with Crippen LogP contribution < -0.4 is 10.2 Å². The number of fused-ring (bicyclic) bond motifs is 1. The molecule has 4 heteroatoms. The van der Waals surface area contributed by atoms with Gasteiger partial charge >= 0.3 is 0 Å². The van der Waals surface area contributed by atoms with Gasteiger partial charge in [-0.3, -0.25) is 4.79 Å². The van der Waals surface area contributed by atoms with E-state index in [1.54, 1.807) is 12.1 Å². The summed E-state index contributed by atoms with van der Waals surface area (Å²) in [6.45, 7) is 3.94. The minimum absolute atomic E-state index is 0.163. The Morgan fingerprint density at radius 3 is 2.55 bits per heavy atom. The predicted molar refractivity (Wildman–Crippen MR) is 76.2 cm³/mol. The van der Waals surface area contributed by atoms with E-state index in [0.717, 1.165) is 11.1 Å². The number of hydrogen-bond acceptors (Lipinski definition) is 4. The molecule has 0 saturated carbocycles. The Bertz CT molecular complexity index is 826. The maximum Gasteiger partial charge on any atom is 0.235 e. The number of rotatable bonds is 2. The van der Waals surface area contributed by atoms with Crippen molar-refractivity contribution in [3.05, 3.63) is 51.9 Å². The van der Waals surface area contributed by atoms with Crippen LogP contribution in [-0.2, 0) is 0 Å². The zero-order valence-electron chi connectivity index (χ0n) is 11.5. The second-order valence-corrected chi connectivity index (χ2v) is 4.70. The summed E-state index contributed by atoms with van der Waals surface area (Å²) in [7, 11) is 1.45. The minimum atomic E-state index is -0.191. The summed E-state index contributed by atoms with van der Waals surface area (Å²) in [4.78, 5) is 12.5. The number of benzene rings is 1. The summed E-state index contributed by atoms with van der Waals surface area (Å²) in [5.41, 5.74) is 2.45. The van der Waals surface area contributed by atoms with Crippen LogP contribution in [0.5, 0.6) is 5.75 Å². The van der Waals surface area contributed by atoms with E-state index in [-0.39, 0.29) is 11.2 Å². The number of ether oxygens (including phenoxy) is 1. The number of methoxy groups -OCH3 is 1. The van der Waals surface area contributed by atoms with Crippen LogP contribution in [0.2, 0.25) is 0 Å². The van der Waals surface area contributed by atoms with Crippen LogP contribution in [-0.4, -0.2) is 7.11 Å². The van der Waals surface area contributed by atoms with Crippen molar-refractivity contribution < 1.29 is 13.6 Å². The van der Waals surface area contributed by atoms with Crippen molar-refractivity contribution in [2.24, 2.45) is 0 Å². The highest BCUT2D eigenvalue weighted by Gasteiger charge is 2.19. The van der Waals surface area contributed by atoms with Crippen molar-refractivity contribution in [1.82, 2.24) is 0 Å². The standard InChI is InChI=1S/C16H14O4/c1-9-7-11-13(8-10(9)2)20-15(12-5-4-6-19-12)16(18-3)14(11)17/h4-8H,1-3H3. The van der Waals surface area contributed by atoms with E-state index in [9.17, 15) is 4.79 Å². The van der Waals surface area contributed by atoms with Gasteiger partial charge in [-0.25, -0.2) is 0 Å². The van der Waals surface area contributed by atoms with Crippen molar-refractivity contribution >= 4 is 11.0 Å². The first kappa shape index (κ1) is 12.5. The smallest absolute Gasteiger partial charge is 0.235 e. The topological polar surface area (TPSA) is 52.6 Å². The lowest BCUT2D eigenvalue weighted by molar-refractivity contribution is 0.394. The van der Waals surface area contributed by atoms with Gasteiger partial charge in [0.2, 0.25) is 16.9 Å². The largest absolute Gasteiger partial charge is 0.489 e. The van der Waals surface area contributed by atoms with E-state index in [2.05, 4.69) is 0 Å². The highest BCUT2D eigenvalue weighted by molar-refractivity contribution is 5.82. The Hall–Kier alpha value is -2.49. The van der Waals surface area contributed by atoms with Crippen LogP contribution in [0.25, 0.3) is 22.5 Å². The zero-order chi connectivity index (χ0) is 14.3. The third-order valence-electron chi connectivity index (χ3n) is 3.41. The first-order valence-corrected chi connectivity index (χ1v) is 6.27. The highest BCUT2D eigenvalue weighted by Crippen LogP contribution is 2.31. The summed E-state index contributed by atoms with van der Waals surface area (Å²) in [6.07, 6.45) is 1.53. The van der Waals surface area contributed by atoms with Gasteiger partial charge in [0.05, 0.1) is 18.8 Å². The Morgan fingerprint density at radius 1 is 1.15 bits per heavy atom. The molecule has 0 aliphatic carbocycles. The molecule has 2 heterocycles. The molecule has 4 nitrogen and oxygen atoms in total. The third kappa shape index (κ3) is 1.81. The van der Waals surface area contributed by atoms with E-state index >= 15 is 0 Å². The summed E-state index contributed by atoms with van der Waals surface area (Å²) < 4.78 is 16.3. The number of hydrogen-bond donors (Lipinski definition) is 0. The monoisotopic (exact) mass is 270 g/mol. The van der Waals surface area contributed by atoms with Crippen molar-refractivity contribution in [3.8, 4) is 17.3 Å². The molecular weight excluding hydrogens is 256 g/mol. The Balaban J connectivity index is 2.42. The fourth-order valence-corrected chi connectivity index (χ4v) is 2.19. The quantitative estimate of drug-likeness (QED) is 0.712. The van der Waals surface area contributed by atoms with Gasteiger partial charge in [-0.1, -0.05) is 0 Å². The van der Waals surface area contributed by atoms with E-state index in [4.69, 9.17) is 13.6 Å². The molecule has 0 N–H and O–H groups in total. The highest BCUT2D eigenvalue weighted by atomic mass is 16.5. The second-order valence-electron chi connectivity index (χ2n) is 4.70. The van der Waals surface area contributed by atoms with E-state index in [0.29, 0.717) is 22.5 Å². The molecule has 0 atom stereocenters. The summed E-state index contributed by atoms with van der Waals surface area (Å²) in [5, 5.41) is 0.514. The summed E-state index contributed by atoms with van der Waals surface area (Å²) >= 11 is 0. The molecule has 3 aromatic rings. The molecule has 0 aliphatic heterocycles. The van der Waals surface area contributed by atoms with Gasteiger partial charge in [0, 0.05) is 0 Å². The molecular formula is C16H14O4. The SMILES string of the molecule is COc1c(-c2ccco2)oc2cc(C)c(C)cc2c1=O. The molecule has 0 amide bonds. The Morgan fingerprint density at radius 2 is 1.90 bits per heavy atom. The zero-order valence-corrected chi connectivity index (χ0v) is 11.5. The molecule has 1 aromatic carbocycles. The molecule has 20 heavy (non-hydrogen) atoms. The normalized spacial score (nSPS) is 10.9. The summed E-state index contributed by atoms with van der Waals surface area (Å²) in [5.74, 6) is 0.952. The number of aryl methyl sites for hydroxylation is 2. The minimum Gasteiger partial charge on any atom is -0.489 e. The first-order valence-electron chi connectivity index (χ1n) is 6.27. The third-order valence-corrected chi connectivity index (χ3v) is 3.41. The maximum absolute atomic E-state index is 12.5. The number of furan rings is 1. The van der Waals surface area contributed by atoms with Crippen molar-refractivity contribution in [2.45, 2.75) is 13.8 Å². The first-order chi connectivity index (χ1) is 9.61. The molecule has 0 spiro atoms. The maximum atomic E-state index is 12.5. The fourth-order valence-electron chi connectivity index (χ4n) is 2.19. The van der Waals surface area contributed by atoms with Crippen LogP contribution >= 0.6 is 0 Å². The molecule has 3 rings (SSSR count). The molecule has 102 valence electrons. The average Bonchev–Trinajstić information content (AvgIpc) is 2.95. The Labute approximate surface area is 115 Å².